The Bertz CT molecular complexity index is 1110. The molecule has 0 amide bonds. The summed E-state index contributed by atoms with van der Waals surface area (Å²) in [6.07, 6.45) is 1.54. The van der Waals surface area contributed by atoms with E-state index < -0.39 is 10.0 Å². The summed E-state index contributed by atoms with van der Waals surface area (Å²) in [5, 5.41) is 0.776. The molecule has 4 nitrogen and oxygen atoms in total. The van der Waals surface area contributed by atoms with Gasteiger partial charge in [-0.2, -0.15) is 0 Å². The molecule has 1 aliphatic rings. The van der Waals surface area contributed by atoms with Gasteiger partial charge in [0.1, 0.15) is 0 Å². The van der Waals surface area contributed by atoms with Gasteiger partial charge in [-0.05, 0) is 55.7 Å². The summed E-state index contributed by atoms with van der Waals surface area (Å²) < 4.78 is 28.9. The summed E-state index contributed by atoms with van der Waals surface area (Å²) in [6.45, 7) is 4.43. The van der Waals surface area contributed by atoms with E-state index in [9.17, 15) is 8.42 Å². The van der Waals surface area contributed by atoms with E-state index in [1.54, 1.807) is 28.6 Å². The van der Waals surface area contributed by atoms with Crippen LogP contribution in [-0.4, -0.2) is 32.4 Å². The number of hydrogen-bond donors (Lipinski definition) is 0. The highest BCUT2D eigenvalue weighted by molar-refractivity contribution is 7.92. The van der Waals surface area contributed by atoms with Gasteiger partial charge in [0.15, 0.2) is 0 Å². The first-order chi connectivity index (χ1) is 14.9. The zero-order valence-electron chi connectivity index (χ0n) is 17.6. The number of piperidine rings is 1. The first kappa shape index (κ1) is 21.9. The lowest BCUT2D eigenvalue weighted by atomic mass is 10.0. The first-order valence-electron chi connectivity index (χ1n) is 10.6. The molecule has 1 saturated heterocycles. The third-order valence-corrected chi connectivity index (χ3v) is 8.09. The maximum absolute atomic E-state index is 13.6. The van der Waals surface area contributed by atoms with Crippen molar-refractivity contribution in [1.82, 2.24) is 4.90 Å². The zero-order chi connectivity index (χ0) is 21.8. The minimum absolute atomic E-state index is 0.0876. The molecule has 0 atom stereocenters. The maximum Gasteiger partial charge on any atom is 0.264 e. The third kappa shape index (κ3) is 4.95. The summed E-state index contributed by atoms with van der Waals surface area (Å²) in [5.41, 5.74) is 2.93. The second-order valence-corrected chi connectivity index (χ2v) is 10.3. The molecule has 0 saturated carbocycles. The number of nitrogens with zero attached hydrogens (tertiary/aromatic N) is 2. The Kier molecular flexibility index (Phi) is 6.65. The van der Waals surface area contributed by atoms with Gasteiger partial charge in [-0.15, -0.1) is 0 Å². The Morgan fingerprint density at radius 3 is 2.16 bits per heavy atom. The molecule has 0 radical (unpaired) electrons. The smallest absolute Gasteiger partial charge is 0.264 e. The van der Waals surface area contributed by atoms with E-state index in [-0.39, 0.29) is 6.04 Å². The standard InChI is InChI=1S/C25H27ClN2O2S/c1-20-11-13-22(14-12-20)28(31(29,30)24-8-3-2-4-9-24)23-15-17-27(18-16-23)19-21-7-5-6-10-25(21)26/h2-14,23H,15-19H2,1H3. The van der Waals surface area contributed by atoms with Gasteiger partial charge in [-0.1, -0.05) is 65.7 Å². The predicted molar refractivity (Wildman–Crippen MR) is 127 cm³/mol. The first-order valence-corrected chi connectivity index (χ1v) is 12.4. The van der Waals surface area contributed by atoms with Crippen molar-refractivity contribution in [3.63, 3.8) is 0 Å². The number of rotatable bonds is 6. The summed E-state index contributed by atoms with van der Waals surface area (Å²) >= 11 is 6.33. The average Bonchev–Trinajstić information content (AvgIpc) is 2.78. The molecule has 0 bridgehead atoms. The van der Waals surface area contributed by atoms with E-state index in [2.05, 4.69) is 4.90 Å². The fourth-order valence-electron chi connectivity index (χ4n) is 4.12. The quantitative estimate of drug-likeness (QED) is 0.493. The monoisotopic (exact) mass is 454 g/mol. The number of hydrogen-bond acceptors (Lipinski definition) is 3. The van der Waals surface area contributed by atoms with Gasteiger partial charge in [0, 0.05) is 30.7 Å². The van der Waals surface area contributed by atoms with Crippen molar-refractivity contribution < 1.29 is 8.42 Å². The van der Waals surface area contributed by atoms with Crippen molar-refractivity contribution in [3.8, 4) is 0 Å². The average molecular weight is 455 g/mol. The van der Waals surface area contributed by atoms with Crippen LogP contribution >= 0.6 is 11.6 Å². The van der Waals surface area contributed by atoms with Gasteiger partial charge >= 0.3 is 0 Å². The van der Waals surface area contributed by atoms with Crippen LogP contribution in [0.25, 0.3) is 0 Å². The minimum Gasteiger partial charge on any atom is -0.299 e. The summed E-state index contributed by atoms with van der Waals surface area (Å²) in [5.74, 6) is 0. The molecule has 1 aliphatic heterocycles. The van der Waals surface area contributed by atoms with Crippen LogP contribution in [0.5, 0.6) is 0 Å². The lowest BCUT2D eigenvalue weighted by Gasteiger charge is -2.39. The molecule has 0 aliphatic carbocycles. The van der Waals surface area contributed by atoms with Crippen molar-refractivity contribution >= 4 is 27.3 Å². The van der Waals surface area contributed by atoms with Crippen LogP contribution in [0.2, 0.25) is 5.02 Å². The van der Waals surface area contributed by atoms with Gasteiger partial charge in [-0.3, -0.25) is 9.21 Å². The van der Waals surface area contributed by atoms with Crippen LogP contribution in [0.3, 0.4) is 0 Å². The highest BCUT2D eigenvalue weighted by Gasteiger charge is 2.34. The second-order valence-electron chi connectivity index (χ2n) is 8.05. The Balaban J connectivity index is 1.57. The van der Waals surface area contributed by atoms with E-state index in [0.717, 1.165) is 54.3 Å². The summed E-state index contributed by atoms with van der Waals surface area (Å²) in [6, 6.07) is 24.3. The van der Waals surface area contributed by atoms with Gasteiger partial charge in [0.2, 0.25) is 0 Å². The van der Waals surface area contributed by atoms with Gasteiger partial charge in [0.25, 0.3) is 10.0 Å². The number of halogens is 1. The van der Waals surface area contributed by atoms with Crippen molar-refractivity contribution in [2.45, 2.75) is 37.2 Å². The predicted octanol–water partition coefficient (Wildman–Crippen LogP) is 5.51. The number of benzene rings is 3. The highest BCUT2D eigenvalue weighted by Crippen LogP contribution is 2.31. The molecule has 31 heavy (non-hydrogen) atoms. The molecule has 162 valence electrons. The van der Waals surface area contributed by atoms with Crippen LogP contribution in [-0.2, 0) is 16.6 Å². The zero-order valence-corrected chi connectivity index (χ0v) is 19.2. The molecule has 4 rings (SSSR count). The Morgan fingerprint density at radius 1 is 0.903 bits per heavy atom. The lowest BCUT2D eigenvalue weighted by Crippen LogP contribution is -2.47. The fraction of sp³-hybridized carbons (Fsp3) is 0.280. The molecule has 3 aromatic carbocycles. The third-order valence-electron chi connectivity index (χ3n) is 5.83. The Morgan fingerprint density at radius 2 is 1.52 bits per heavy atom. The minimum atomic E-state index is -3.66. The maximum atomic E-state index is 13.6. The van der Waals surface area contributed by atoms with Crippen molar-refractivity contribution in [2.75, 3.05) is 17.4 Å². The summed E-state index contributed by atoms with van der Waals surface area (Å²) in [4.78, 5) is 2.68. The number of sulfonamides is 1. The number of likely N-dealkylation sites (tertiary alicyclic amines) is 1. The van der Waals surface area contributed by atoms with Crippen molar-refractivity contribution in [1.29, 1.82) is 0 Å². The molecular formula is C25H27ClN2O2S. The molecule has 0 spiro atoms. The van der Waals surface area contributed by atoms with E-state index in [1.165, 1.54) is 0 Å². The van der Waals surface area contributed by atoms with Crippen LogP contribution < -0.4 is 4.31 Å². The van der Waals surface area contributed by atoms with Gasteiger partial charge in [-0.25, -0.2) is 8.42 Å². The van der Waals surface area contributed by atoms with E-state index in [1.807, 2.05) is 61.5 Å². The normalized spacial score (nSPS) is 15.7. The van der Waals surface area contributed by atoms with Gasteiger partial charge < -0.3 is 0 Å². The van der Waals surface area contributed by atoms with Crippen molar-refractivity contribution in [3.05, 3.63) is 95.0 Å². The topological polar surface area (TPSA) is 40.6 Å². The number of anilines is 1. The highest BCUT2D eigenvalue weighted by atomic mass is 35.5. The summed E-state index contributed by atoms with van der Waals surface area (Å²) in [7, 11) is -3.66. The fourth-order valence-corrected chi connectivity index (χ4v) is 6.05. The van der Waals surface area contributed by atoms with Gasteiger partial charge in [0.05, 0.1) is 10.6 Å². The van der Waals surface area contributed by atoms with E-state index in [4.69, 9.17) is 11.6 Å². The Hall–Kier alpha value is -2.34. The molecule has 0 N–H and O–H groups in total. The molecule has 0 unspecified atom stereocenters. The second kappa shape index (κ2) is 9.43. The molecular weight excluding hydrogens is 428 g/mol. The van der Waals surface area contributed by atoms with Crippen LogP contribution in [0.1, 0.15) is 24.0 Å². The largest absolute Gasteiger partial charge is 0.299 e. The molecule has 3 aromatic rings. The number of aryl methyl sites for hydroxylation is 1. The molecule has 0 aromatic heterocycles. The van der Waals surface area contributed by atoms with E-state index >= 15 is 0 Å². The van der Waals surface area contributed by atoms with E-state index in [0.29, 0.717) is 4.90 Å². The molecule has 1 fully saturated rings. The SMILES string of the molecule is Cc1ccc(N(C2CCN(Cc3ccccc3Cl)CC2)S(=O)(=O)c2ccccc2)cc1. The Labute approximate surface area is 190 Å². The molecule has 1 heterocycles. The van der Waals surface area contributed by atoms with Crippen LogP contribution in [0, 0.1) is 6.92 Å². The van der Waals surface area contributed by atoms with Crippen molar-refractivity contribution in [2.24, 2.45) is 0 Å². The molecule has 6 heteroatoms. The van der Waals surface area contributed by atoms with Crippen LogP contribution in [0.15, 0.2) is 83.8 Å². The lowest BCUT2D eigenvalue weighted by molar-refractivity contribution is 0.206. The van der Waals surface area contributed by atoms with Crippen LogP contribution in [0.4, 0.5) is 5.69 Å².